The molecule has 1 heterocycles. The van der Waals surface area contributed by atoms with Crippen LogP contribution in [0.5, 0.6) is 0 Å². The fourth-order valence-electron chi connectivity index (χ4n) is 1.99. The van der Waals surface area contributed by atoms with Gasteiger partial charge in [0.2, 0.25) is 0 Å². The minimum absolute atomic E-state index is 0.513. The number of hydrogen-bond donors (Lipinski definition) is 0. The van der Waals surface area contributed by atoms with Crippen molar-refractivity contribution < 1.29 is 4.74 Å². The van der Waals surface area contributed by atoms with Gasteiger partial charge in [0.15, 0.2) is 0 Å². The highest BCUT2D eigenvalue weighted by atomic mass is 16.5. The summed E-state index contributed by atoms with van der Waals surface area (Å²) >= 11 is 0. The molecule has 1 saturated heterocycles. The molecule has 0 aromatic rings. The van der Waals surface area contributed by atoms with Crippen LogP contribution in [0.4, 0.5) is 0 Å². The van der Waals surface area contributed by atoms with Crippen LogP contribution in [0.2, 0.25) is 0 Å². The van der Waals surface area contributed by atoms with Gasteiger partial charge in [0.1, 0.15) is 0 Å². The molecule has 90 valence electrons. The van der Waals surface area contributed by atoms with E-state index in [1.807, 2.05) is 0 Å². The lowest BCUT2D eigenvalue weighted by Gasteiger charge is -2.26. The quantitative estimate of drug-likeness (QED) is 0.651. The molecule has 0 spiro atoms. The van der Waals surface area contributed by atoms with Gasteiger partial charge in [0.05, 0.1) is 13.2 Å². The summed E-state index contributed by atoms with van der Waals surface area (Å²) in [6.45, 7) is 12.4. The maximum Gasteiger partial charge on any atom is 0.0594 e. The molecule has 0 radical (unpaired) electrons. The third kappa shape index (κ3) is 6.91. The fraction of sp³-hybridized carbons (Fsp3) is 1.00. The van der Waals surface area contributed by atoms with Crippen LogP contribution in [0.25, 0.3) is 0 Å². The molecule has 0 amide bonds. The summed E-state index contributed by atoms with van der Waals surface area (Å²) in [5, 5.41) is 0. The van der Waals surface area contributed by atoms with E-state index < -0.39 is 0 Å². The van der Waals surface area contributed by atoms with Gasteiger partial charge in [-0.1, -0.05) is 33.6 Å². The van der Waals surface area contributed by atoms with Gasteiger partial charge in [-0.25, -0.2) is 0 Å². The van der Waals surface area contributed by atoms with Crippen LogP contribution in [0.1, 0.15) is 46.5 Å². The summed E-state index contributed by atoms with van der Waals surface area (Å²) in [6.07, 6.45) is 5.48. The van der Waals surface area contributed by atoms with E-state index in [9.17, 15) is 0 Å². The van der Waals surface area contributed by atoms with Gasteiger partial charge in [-0.05, 0) is 24.8 Å². The lowest BCUT2D eigenvalue weighted by atomic mass is 9.89. The molecule has 0 unspecified atom stereocenters. The Bertz CT molecular complexity index is 156. The van der Waals surface area contributed by atoms with E-state index in [0.29, 0.717) is 5.41 Å². The topological polar surface area (TPSA) is 12.5 Å². The number of hydrogen-bond acceptors (Lipinski definition) is 2. The van der Waals surface area contributed by atoms with Crippen molar-refractivity contribution in [2.45, 2.75) is 46.5 Å². The van der Waals surface area contributed by atoms with E-state index in [4.69, 9.17) is 4.74 Å². The molecule has 2 nitrogen and oxygen atoms in total. The van der Waals surface area contributed by atoms with Crippen LogP contribution in [0.3, 0.4) is 0 Å². The number of nitrogens with zero attached hydrogens (tertiary/aromatic N) is 1. The first kappa shape index (κ1) is 13.0. The van der Waals surface area contributed by atoms with Gasteiger partial charge in [-0.2, -0.15) is 0 Å². The second-order valence-corrected chi connectivity index (χ2v) is 5.83. The van der Waals surface area contributed by atoms with E-state index in [1.54, 1.807) is 0 Å². The minimum Gasteiger partial charge on any atom is -0.379 e. The number of unbranched alkanes of at least 4 members (excludes halogenated alkanes) is 2. The monoisotopic (exact) mass is 213 g/mol. The second-order valence-electron chi connectivity index (χ2n) is 5.83. The summed E-state index contributed by atoms with van der Waals surface area (Å²) in [7, 11) is 0. The SMILES string of the molecule is CC(C)(C)CCCCCN1CCOCC1. The maximum absolute atomic E-state index is 5.33. The van der Waals surface area contributed by atoms with Crippen molar-refractivity contribution in [2.75, 3.05) is 32.8 Å². The molecule has 2 heteroatoms. The van der Waals surface area contributed by atoms with Crippen LogP contribution < -0.4 is 0 Å². The van der Waals surface area contributed by atoms with Gasteiger partial charge >= 0.3 is 0 Å². The molecule has 0 bridgehead atoms. The average Bonchev–Trinajstić information content (AvgIpc) is 2.17. The van der Waals surface area contributed by atoms with Crippen molar-refractivity contribution in [1.82, 2.24) is 4.90 Å². The van der Waals surface area contributed by atoms with Crippen LogP contribution in [-0.2, 0) is 4.74 Å². The molecule has 0 aliphatic carbocycles. The third-order valence-corrected chi connectivity index (χ3v) is 3.00. The van der Waals surface area contributed by atoms with Crippen molar-refractivity contribution in [2.24, 2.45) is 5.41 Å². The molecule has 0 atom stereocenters. The third-order valence-electron chi connectivity index (χ3n) is 3.00. The molecular formula is C13H27NO. The Morgan fingerprint density at radius 1 is 1.00 bits per heavy atom. The first-order valence-electron chi connectivity index (χ1n) is 6.38. The summed E-state index contributed by atoms with van der Waals surface area (Å²) in [6, 6.07) is 0. The van der Waals surface area contributed by atoms with Gasteiger partial charge in [0, 0.05) is 13.1 Å². The summed E-state index contributed by atoms with van der Waals surface area (Å²) in [4.78, 5) is 2.53. The number of morpholine rings is 1. The smallest absolute Gasteiger partial charge is 0.0594 e. The lowest BCUT2D eigenvalue weighted by Crippen LogP contribution is -2.36. The molecule has 1 fully saturated rings. The fourth-order valence-corrected chi connectivity index (χ4v) is 1.99. The van der Waals surface area contributed by atoms with E-state index in [-0.39, 0.29) is 0 Å². The van der Waals surface area contributed by atoms with Crippen molar-refractivity contribution in [3.8, 4) is 0 Å². The van der Waals surface area contributed by atoms with Gasteiger partial charge in [-0.3, -0.25) is 4.90 Å². The zero-order valence-corrected chi connectivity index (χ0v) is 10.7. The highest BCUT2D eigenvalue weighted by Gasteiger charge is 2.11. The Labute approximate surface area is 95.0 Å². The van der Waals surface area contributed by atoms with Crippen molar-refractivity contribution >= 4 is 0 Å². The summed E-state index contributed by atoms with van der Waals surface area (Å²) in [5.74, 6) is 0. The zero-order valence-electron chi connectivity index (χ0n) is 10.7. The zero-order chi connectivity index (χ0) is 11.1. The Morgan fingerprint density at radius 2 is 1.67 bits per heavy atom. The average molecular weight is 213 g/mol. The molecule has 1 aliphatic rings. The Morgan fingerprint density at radius 3 is 2.27 bits per heavy atom. The van der Waals surface area contributed by atoms with Crippen molar-refractivity contribution in [3.63, 3.8) is 0 Å². The van der Waals surface area contributed by atoms with E-state index in [2.05, 4.69) is 25.7 Å². The predicted molar refractivity (Wildman–Crippen MR) is 65.2 cm³/mol. The summed E-state index contributed by atoms with van der Waals surface area (Å²) in [5.41, 5.74) is 0.513. The van der Waals surface area contributed by atoms with E-state index >= 15 is 0 Å². The van der Waals surface area contributed by atoms with E-state index in [1.165, 1.54) is 32.2 Å². The lowest BCUT2D eigenvalue weighted by molar-refractivity contribution is 0.0370. The van der Waals surface area contributed by atoms with Crippen LogP contribution in [0.15, 0.2) is 0 Å². The Kier molecular flexibility index (Phi) is 5.62. The number of ether oxygens (including phenoxy) is 1. The second kappa shape index (κ2) is 6.49. The van der Waals surface area contributed by atoms with Gasteiger partial charge in [0.25, 0.3) is 0 Å². The van der Waals surface area contributed by atoms with Gasteiger partial charge < -0.3 is 4.74 Å². The standard InChI is InChI=1S/C13H27NO/c1-13(2,3)7-5-4-6-8-14-9-11-15-12-10-14/h4-12H2,1-3H3. The van der Waals surface area contributed by atoms with Crippen molar-refractivity contribution in [3.05, 3.63) is 0 Å². The van der Waals surface area contributed by atoms with Crippen LogP contribution >= 0.6 is 0 Å². The molecule has 15 heavy (non-hydrogen) atoms. The minimum atomic E-state index is 0.513. The predicted octanol–water partition coefficient (Wildman–Crippen LogP) is 2.93. The van der Waals surface area contributed by atoms with Crippen LogP contribution in [-0.4, -0.2) is 37.7 Å². The first-order valence-corrected chi connectivity index (χ1v) is 6.38. The van der Waals surface area contributed by atoms with E-state index in [0.717, 1.165) is 26.3 Å². The summed E-state index contributed by atoms with van der Waals surface area (Å²) < 4.78 is 5.33. The molecule has 0 saturated carbocycles. The maximum atomic E-state index is 5.33. The molecular weight excluding hydrogens is 186 g/mol. The van der Waals surface area contributed by atoms with Crippen molar-refractivity contribution in [1.29, 1.82) is 0 Å². The molecule has 0 aromatic carbocycles. The molecule has 0 aromatic heterocycles. The highest BCUT2D eigenvalue weighted by Crippen LogP contribution is 2.22. The normalized spacial score (nSPS) is 19.4. The first-order chi connectivity index (χ1) is 7.08. The molecule has 1 rings (SSSR count). The van der Waals surface area contributed by atoms with Gasteiger partial charge in [-0.15, -0.1) is 0 Å². The molecule has 1 aliphatic heterocycles. The van der Waals surface area contributed by atoms with Crippen LogP contribution in [0, 0.1) is 5.41 Å². The molecule has 0 N–H and O–H groups in total. The Balaban J connectivity index is 1.92. The Hall–Kier alpha value is -0.0800. The highest BCUT2D eigenvalue weighted by molar-refractivity contribution is 4.64. The largest absolute Gasteiger partial charge is 0.379 e. The number of rotatable bonds is 5.